The van der Waals surface area contributed by atoms with E-state index in [4.69, 9.17) is 0 Å². The molecule has 1 saturated heterocycles. The highest BCUT2D eigenvalue weighted by atomic mass is 15.3. The minimum atomic E-state index is 0.592. The Bertz CT molecular complexity index is 422. The number of piperazine rings is 1. The second kappa shape index (κ2) is 7.46. The molecule has 3 nitrogen and oxygen atoms in total. The molecule has 110 valence electrons. The van der Waals surface area contributed by atoms with Crippen LogP contribution < -0.4 is 10.2 Å². The summed E-state index contributed by atoms with van der Waals surface area (Å²) in [5.41, 5.74) is 2.70. The molecule has 1 fully saturated rings. The summed E-state index contributed by atoms with van der Waals surface area (Å²) < 4.78 is 0. The van der Waals surface area contributed by atoms with Gasteiger partial charge in [0.25, 0.3) is 0 Å². The minimum Gasteiger partial charge on any atom is -0.369 e. The Morgan fingerprint density at radius 3 is 2.70 bits per heavy atom. The lowest BCUT2D eigenvalue weighted by Crippen LogP contribution is -2.52. The molecule has 1 unspecified atom stereocenters. The zero-order valence-corrected chi connectivity index (χ0v) is 12.8. The van der Waals surface area contributed by atoms with Crippen LogP contribution in [0.4, 0.5) is 5.69 Å². The van der Waals surface area contributed by atoms with Crippen LogP contribution >= 0.6 is 0 Å². The SMILES string of the molecule is C=CCNCC(C)N1CCN(c2cccc(C)c2)CC1. The van der Waals surface area contributed by atoms with E-state index in [1.165, 1.54) is 11.3 Å². The Balaban J connectivity index is 1.81. The Morgan fingerprint density at radius 2 is 2.05 bits per heavy atom. The van der Waals surface area contributed by atoms with Crippen LogP contribution in [0.2, 0.25) is 0 Å². The highest BCUT2D eigenvalue weighted by Crippen LogP contribution is 2.18. The Kier molecular flexibility index (Phi) is 5.62. The molecule has 0 saturated carbocycles. The van der Waals surface area contributed by atoms with Crippen molar-refractivity contribution >= 4 is 5.69 Å². The molecule has 1 N–H and O–H groups in total. The third kappa shape index (κ3) is 4.09. The average molecular weight is 273 g/mol. The molecular formula is C17H27N3. The standard InChI is InChI=1S/C17H27N3/c1-4-8-18-14-16(3)19-9-11-20(12-10-19)17-7-5-6-15(2)13-17/h4-7,13,16,18H,1,8-12,14H2,2-3H3. The molecule has 20 heavy (non-hydrogen) atoms. The molecule has 1 atom stereocenters. The number of nitrogens with zero attached hydrogens (tertiary/aromatic N) is 2. The van der Waals surface area contributed by atoms with E-state index in [1.54, 1.807) is 0 Å². The van der Waals surface area contributed by atoms with Gasteiger partial charge in [0.05, 0.1) is 0 Å². The zero-order valence-electron chi connectivity index (χ0n) is 12.8. The topological polar surface area (TPSA) is 18.5 Å². The molecule has 0 aliphatic carbocycles. The molecule has 1 aliphatic rings. The summed E-state index contributed by atoms with van der Waals surface area (Å²) >= 11 is 0. The molecule has 1 aliphatic heterocycles. The number of aryl methyl sites for hydroxylation is 1. The van der Waals surface area contributed by atoms with Crippen LogP contribution in [0.15, 0.2) is 36.9 Å². The summed E-state index contributed by atoms with van der Waals surface area (Å²) in [5, 5.41) is 3.41. The van der Waals surface area contributed by atoms with E-state index in [1.807, 2.05) is 6.08 Å². The van der Waals surface area contributed by atoms with Gasteiger partial charge in [0.1, 0.15) is 0 Å². The lowest BCUT2D eigenvalue weighted by Gasteiger charge is -2.39. The van der Waals surface area contributed by atoms with Gasteiger partial charge in [-0.1, -0.05) is 18.2 Å². The van der Waals surface area contributed by atoms with E-state index < -0.39 is 0 Å². The van der Waals surface area contributed by atoms with Crippen LogP contribution in [0, 0.1) is 6.92 Å². The van der Waals surface area contributed by atoms with E-state index in [0.29, 0.717) is 6.04 Å². The van der Waals surface area contributed by atoms with E-state index in [2.05, 4.69) is 59.8 Å². The second-order valence-corrected chi connectivity index (χ2v) is 5.66. The van der Waals surface area contributed by atoms with Crippen molar-refractivity contribution in [1.29, 1.82) is 0 Å². The molecule has 0 radical (unpaired) electrons. The smallest absolute Gasteiger partial charge is 0.0369 e. The zero-order chi connectivity index (χ0) is 14.4. The van der Waals surface area contributed by atoms with Crippen LogP contribution in [0.1, 0.15) is 12.5 Å². The molecule has 0 aromatic heterocycles. The Labute approximate surface area is 123 Å². The van der Waals surface area contributed by atoms with Gasteiger partial charge in [-0.05, 0) is 31.5 Å². The van der Waals surface area contributed by atoms with Crippen molar-refractivity contribution in [3.63, 3.8) is 0 Å². The summed E-state index contributed by atoms with van der Waals surface area (Å²) in [4.78, 5) is 5.07. The van der Waals surface area contributed by atoms with E-state index in [-0.39, 0.29) is 0 Å². The van der Waals surface area contributed by atoms with Crippen molar-refractivity contribution in [3.05, 3.63) is 42.5 Å². The van der Waals surface area contributed by atoms with Gasteiger partial charge >= 0.3 is 0 Å². The van der Waals surface area contributed by atoms with Gasteiger partial charge in [0.2, 0.25) is 0 Å². The van der Waals surface area contributed by atoms with E-state index in [0.717, 1.165) is 39.3 Å². The van der Waals surface area contributed by atoms with E-state index >= 15 is 0 Å². The van der Waals surface area contributed by atoms with Gasteiger partial charge < -0.3 is 10.2 Å². The highest BCUT2D eigenvalue weighted by molar-refractivity contribution is 5.48. The summed E-state index contributed by atoms with van der Waals surface area (Å²) in [7, 11) is 0. The fourth-order valence-electron chi connectivity index (χ4n) is 2.77. The van der Waals surface area contributed by atoms with Crippen LogP contribution in [-0.4, -0.2) is 50.2 Å². The van der Waals surface area contributed by atoms with Crippen molar-refractivity contribution < 1.29 is 0 Å². The molecule has 1 heterocycles. The van der Waals surface area contributed by atoms with Gasteiger partial charge in [0.15, 0.2) is 0 Å². The lowest BCUT2D eigenvalue weighted by molar-refractivity contribution is 0.194. The molecule has 0 amide bonds. The lowest BCUT2D eigenvalue weighted by atomic mass is 10.1. The third-order valence-corrected chi connectivity index (χ3v) is 4.03. The molecule has 3 heteroatoms. The normalized spacial score (nSPS) is 18.0. The van der Waals surface area contributed by atoms with Crippen LogP contribution in [-0.2, 0) is 0 Å². The van der Waals surface area contributed by atoms with Crippen molar-refractivity contribution in [2.45, 2.75) is 19.9 Å². The summed E-state index contributed by atoms with van der Waals surface area (Å²) in [6.07, 6.45) is 1.92. The molecule has 0 bridgehead atoms. The largest absolute Gasteiger partial charge is 0.369 e. The van der Waals surface area contributed by atoms with Gasteiger partial charge in [-0.3, -0.25) is 4.90 Å². The fourth-order valence-corrected chi connectivity index (χ4v) is 2.77. The molecule has 0 spiro atoms. The average Bonchev–Trinajstić information content (AvgIpc) is 2.47. The number of hydrogen-bond donors (Lipinski definition) is 1. The summed E-state index contributed by atoms with van der Waals surface area (Å²) in [6.45, 7) is 14.7. The van der Waals surface area contributed by atoms with Crippen LogP contribution in [0.3, 0.4) is 0 Å². The van der Waals surface area contributed by atoms with Gasteiger partial charge in [0, 0.05) is 51.0 Å². The Hall–Kier alpha value is -1.32. The van der Waals surface area contributed by atoms with Gasteiger partial charge in [-0.2, -0.15) is 0 Å². The molecular weight excluding hydrogens is 246 g/mol. The maximum atomic E-state index is 3.74. The fraction of sp³-hybridized carbons (Fsp3) is 0.529. The highest BCUT2D eigenvalue weighted by Gasteiger charge is 2.20. The molecule has 1 aromatic rings. The maximum Gasteiger partial charge on any atom is 0.0369 e. The monoisotopic (exact) mass is 273 g/mol. The van der Waals surface area contributed by atoms with Gasteiger partial charge in [-0.25, -0.2) is 0 Å². The molecule has 1 aromatic carbocycles. The third-order valence-electron chi connectivity index (χ3n) is 4.03. The summed E-state index contributed by atoms with van der Waals surface area (Å²) in [6, 6.07) is 9.41. The van der Waals surface area contributed by atoms with Crippen molar-refractivity contribution in [1.82, 2.24) is 10.2 Å². The Morgan fingerprint density at radius 1 is 1.30 bits per heavy atom. The van der Waals surface area contributed by atoms with E-state index in [9.17, 15) is 0 Å². The van der Waals surface area contributed by atoms with Crippen molar-refractivity contribution in [2.24, 2.45) is 0 Å². The van der Waals surface area contributed by atoms with Crippen molar-refractivity contribution in [3.8, 4) is 0 Å². The predicted octanol–water partition coefficient (Wildman–Crippen LogP) is 2.28. The van der Waals surface area contributed by atoms with Crippen LogP contribution in [0.5, 0.6) is 0 Å². The molecule has 2 rings (SSSR count). The van der Waals surface area contributed by atoms with Crippen LogP contribution in [0.25, 0.3) is 0 Å². The number of nitrogens with one attached hydrogen (secondary N) is 1. The first kappa shape index (κ1) is 15.1. The number of rotatable bonds is 6. The number of hydrogen-bond acceptors (Lipinski definition) is 3. The van der Waals surface area contributed by atoms with Crippen molar-refractivity contribution in [2.75, 3.05) is 44.2 Å². The minimum absolute atomic E-state index is 0.592. The quantitative estimate of drug-likeness (QED) is 0.634. The number of anilines is 1. The van der Waals surface area contributed by atoms with Gasteiger partial charge in [-0.15, -0.1) is 6.58 Å². The predicted molar refractivity (Wildman–Crippen MR) is 87.5 cm³/mol. The summed E-state index contributed by atoms with van der Waals surface area (Å²) in [5.74, 6) is 0. The first-order chi connectivity index (χ1) is 9.70. The first-order valence-electron chi connectivity index (χ1n) is 7.58. The second-order valence-electron chi connectivity index (χ2n) is 5.66. The number of benzene rings is 1. The maximum absolute atomic E-state index is 3.74. The first-order valence-corrected chi connectivity index (χ1v) is 7.58.